The number of fused-ring (bicyclic) bond motifs is 1. The summed E-state index contributed by atoms with van der Waals surface area (Å²) in [5, 5.41) is 2.33. The molecule has 2 aromatic rings. The van der Waals surface area contributed by atoms with E-state index in [1.807, 2.05) is 0 Å². The van der Waals surface area contributed by atoms with E-state index in [0.717, 1.165) is 0 Å². The summed E-state index contributed by atoms with van der Waals surface area (Å²) in [5.74, 6) is -0.316. The van der Waals surface area contributed by atoms with Crippen LogP contribution in [-0.2, 0) is 4.79 Å². The predicted molar refractivity (Wildman–Crippen MR) is 50.4 cm³/mol. The third kappa shape index (κ3) is 1.68. The third-order valence-electron chi connectivity index (χ3n) is 1.64. The Balaban J connectivity index is 2.56. The van der Waals surface area contributed by atoms with Gasteiger partial charge in [-0.1, -0.05) is 0 Å². The number of nitrogen functional groups attached to an aromatic ring is 1. The number of aromatic nitrogens is 4. The van der Waals surface area contributed by atoms with E-state index < -0.39 is 6.08 Å². The molecule has 1 amide bonds. The second-order valence-electron chi connectivity index (χ2n) is 2.84. The Morgan fingerprint density at radius 2 is 2.20 bits per heavy atom. The fourth-order valence-corrected chi connectivity index (χ4v) is 1.10. The van der Waals surface area contributed by atoms with E-state index in [4.69, 9.17) is 5.73 Å². The largest absolute Gasteiger partial charge is 0.382 e. The molecule has 4 N–H and O–H groups in total. The SMILES string of the molecule is CC(=O)Nc1nc(N)c2[nH]c(F)nc2n1. The zero-order valence-electron chi connectivity index (χ0n) is 7.71. The van der Waals surface area contributed by atoms with E-state index in [0.29, 0.717) is 0 Å². The van der Waals surface area contributed by atoms with Gasteiger partial charge in [0.15, 0.2) is 11.5 Å². The van der Waals surface area contributed by atoms with Crippen molar-refractivity contribution in [2.75, 3.05) is 11.1 Å². The number of anilines is 2. The summed E-state index contributed by atoms with van der Waals surface area (Å²) in [6.45, 7) is 1.30. The lowest BCUT2D eigenvalue weighted by molar-refractivity contribution is -0.114. The summed E-state index contributed by atoms with van der Waals surface area (Å²) >= 11 is 0. The Kier molecular flexibility index (Phi) is 1.96. The highest BCUT2D eigenvalue weighted by Gasteiger charge is 2.10. The zero-order chi connectivity index (χ0) is 11.0. The average molecular weight is 210 g/mol. The number of hydrogen-bond acceptors (Lipinski definition) is 5. The minimum atomic E-state index is -0.800. The van der Waals surface area contributed by atoms with Crippen molar-refractivity contribution in [3.63, 3.8) is 0 Å². The standard InChI is InChI=1S/C7H7FN6O/c1-2(15)10-7-12-4(9)3-5(14-7)13-6(8)11-3/h1H3,(H4,9,10,11,12,13,14,15). The molecule has 0 aliphatic rings. The van der Waals surface area contributed by atoms with Gasteiger partial charge in [0.2, 0.25) is 11.9 Å². The number of imidazole rings is 1. The summed E-state index contributed by atoms with van der Waals surface area (Å²) in [4.78, 5) is 24.0. The summed E-state index contributed by atoms with van der Waals surface area (Å²) in [6, 6.07) is 0. The van der Waals surface area contributed by atoms with Gasteiger partial charge in [0.25, 0.3) is 6.08 Å². The molecule has 2 heterocycles. The van der Waals surface area contributed by atoms with Crippen molar-refractivity contribution in [2.45, 2.75) is 6.92 Å². The molecule has 0 fully saturated rings. The normalized spacial score (nSPS) is 10.5. The lowest BCUT2D eigenvalue weighted by Crippen LogP contribution is -2.10. The number of halogens is 1. The van der Waals surface area contributed by atoms with Crippen LogP contribution in [0.25, 0.3) is 11.2 Å². The van der Waals surface area contributed by atoms with Crippen molar-refractivity contribution in [3.8, 4) is 0 Å². The molecular formula is C7H7FN6O. The molecule has 0 bridgehead atoms. The number of carbonyl (C=O) groups is 1. The maximum atomic E-state index is 12.7. The Labute approximate surface area is 82.9 Å². The van der Waals surface area contributed by atoms with Gasteiger partial charge in [0.1, 0.15) is 5.52 Å². The summed E-state index contributed by atoms with van der Waals surface area (Å²) in [6.07, 6.45) is -0.800. The molecule has 7 nitrogen and oxygen atoms in total. The first kappa shape index (κ1) is 9.31. The highest BCUT2D eigenvalue weighted by Crippen LogP contribution is 2.16. The van der Waals surface area contributed by atoms with Gasteiger partial charge in [0.05, 0.1) is 0 Å². The molecule has 2 rings (SSSR count). The van der Waals surface area contributed by atoms with Crippen LogP contribution in [0.3, 0.4) is 0 Å². The third-order valence-corrected chi connectivity index (χ3v) is 1.64. The molecule has 0 aliphatic heterocycles. The van der Waals surface area contributed by atoms with Gasteiger partial charge in [-0.25, -0.2) is 0 Å². The molecule has 0 unspecified atom stereocenters. The molecule has 0 aromatic carbocycles. The van der Waals surface area contributed by atoms with Crippen LogP contribution in [0, 0.1) is 6.08 Å². The van der Waals surface area contributed by atoms with Crippen molar-refractivity contribution < 1.29 is 9.18 Å². The zero-order valence-corrected chi connectivity index (χ0v) is 7.71. The number of carbonyl (C=O) groups excluding carboxylic acids is 1. The maximum absolute atomic E-state index is 12.7. The first-order valence-corrected chi connectivity index (χ1v) is 4.02. The van der Waals surface area contributed by atoms with Gasteiger partial charge in [-0.2, -0.15) is 19.3 Å². The minimum Gasteiger partial charge on any atom is -0.382 e. The van der Waals surface area contributed by atoms with E-state index in [-0.39, 0.29) is 28.8 Å². The van der Waals surface area contributed by atoms with Crippen LogP contribution < -0.4 is 11.1 Å². The summed E-state index contributed by atoms with van der Waals surface area (Å²) in [5.41, 5.74) is 5.79. The molecule has 0 saturated carbocycles. The van der Waals surface area contributed by atoms with Crippen LogP contribution in [0.1, 0.15) is 6.92 Å². The van der Waals surface area contributed by atoms with Crippen molar-refractivity contribution in [1.29, 1.82) is 0 Å². The molecule has 15 heavy (non-hydrogen) atoms. The molecule has 0 radical (unpaired) electrons. The minimum absolute atomic E-state index is 0.000926. The van der Waals surface area contributed by atoms with Crippen molar-refractivity contribution in [2.24, 2.45) is 0 Å². The van der Waals surface area contributed by atoms with Crippen molar-refractivity contribution in [3.05, 3.63) is 6.08 Å². The molecule has 0 atom stereocenters. The first-order chi connectivity index (χ1) is 7.06. The number of nitrogens with zero attached hydrogens (tertiary/aromatic N) is 3. The highest BCUT2D eigenvalue weighted by molar-refractivity contribution is 5.89. The van der Waals surface area contributed by atoms with Gasteiger partial charge in [0, 0.05) is 6.92 Å². The average Bonchev–Trinajstić information content (AvgIpc) is 2.44. The predicted octanol–water partition coefficient (Wildman–Crippen LogP) is 0.0326. The fraction of sp³-hybridized carbons (Fsp3) is 0.143. The molecule has 8 heteroatoms. The number of rotatable bonds is 1. The Morgan fingerprint density at radius 3 is 2.87 bits per heavy atom. The first-order valence-electron chi connectivity index (χ1n) is 4.02. The molecule has 2 aromatic heterocycles. The number of aromatic amines is 1. The van der Waals surface area contributed by atoms with E-state index >= 15 is 0 Å². The van der Waals surface area contributed by atoms with Crippen LogP contribution >= 0.6 is 0 Å². The molecule has 0 saturated heterocycles. The van der Waals surface area contributed by atoms with Gasteiger partial charge < -0.3 is 10.7 Å². The summed E-state index contributed by atoms with van der Waals surface area (Å²) < 4.78 is 12.7. The van der Waals surface area contributed by atoms with Crippen LogP contribution in [0.15, 0.2) is 0 Å². The smallest absolute Gasteiger partial charge is 0.289 e. The number of amides is 1. The monoisotopic (exact) mass is 210 g/mol. The van der Waals surface area contributed by atoms with E-state index in [9.17, 15) is 9.18 Å². The molecular weight excluding hydrogens is 203 g/mol. The van der Waals surface area contributed by atoms with Gasteiger partial charge in [-0.15, -0.1) is 0 Å². The number of nitrogens with two attached hydrogens (primary N) is 1. The van der Waals surface area contributed by atoms with Crippen LogP contribution in [0.2, 0.25) is 0 Å². The maximum Gasteiger partial charge on any atom is 0.289 e. The van der Waals surface area contributed by atoms with Gasteiger partial charge in [-0.3, -0.25) is 10.1 Å². The number of hydrogen-bond donors (Lipinski definition) is 3. The Bertz CT molecular complexity index is 536. The summed E-state index contributed by atoms with van der Waals surface area (Å²) in [7, 11) is 0. The second-order valence-corrected chi connectivity index (χ2v) is 2.84. The van der Waals surface area contributed by atoms with Crippen molar-refractivity contribution in [1.82, 2.24) is 19.9 Å². The topological polar surface area (TPSA) is 110 Å². The van der Waals surface area contributed by atoms with Crippen molar-refractivity contribution >= 4 is 28.8 Å². The van der Waals surface area contributed by atoms with Crippen LogP contribution in [0.5, 0.6) is 0 Å². The molecule has 78 valence electrons. The lowest BCUT2D eigenvalue weighted by Gasteiger charge is -2.00. The fourth-order valence-electron chi connectivity index (χ4n) is 1.10. The second kappa shape index (κ2) is 3.15. The number of H-pyrrole nitrogens is 1. The van der Waals surface area contributed by atoms with Gasteiger partial charge in [-0.05, 0) is 0 Å². The van der Waals surface area contributed by atoms with E-state index in [1.165, 1.54) is 6.92 Å². The quantitative estimate of drug-likeness (QED) is 0.575. The lowest BCUT2D eigenvalue weighted by atomic mass is 10.5. The Hall–Kier alpha value is -2.25. The van der Waals surface area contributed by atoms with E-state index in [1.54, 1.807) is 0 Å². The molecule has 0 aliphatic carbocycles. The van der Waals surface area contributed by atoms with Crippen LogP contribution in [0.4, 0.5) is 16.2 Å². The Morgan fingerprint density at radius 1 is 1.47 bits per heavy atom. The van der Waals surface area contributed by atoms with Gasteiger partial charge >= 0.3 is 0 Å². The highest BCUT2D eigenvalue weighted by atomic mass is 19.1. The molecule has 0 spiro atoms. The number of nitrogens with one attached hydrogen (secondary N) is 2. The van der Waals surface area contributed by atoms with E-state index in [2.05, 4.69) is 25.3 Å². The van der Waals surface area contributed by atoms with Crippen LogP contribution in [-0.4, -0.2) is 25.8 Å².